The van der Waals surface area contributed by atoms with E-state index in [-0.39, 0.29) is 34.1 Å². The summed E-state index contributed by atoms with van der Waals surface area (Å²) in [6.45, 7) is 6.03. The van der Waals surface area contributed by atoms with Crippen molar-refractivity contribution in [2.24, 2.45) is 0 Å². The Balaban J connectivity index is 0.000000487. The van der Waals surface area contributed by atoms with E-state index in [0.717, 1.165) is 0 Å². The van der Waals surface area contributed by atoms with Crippen molar-refractivity contribution in [3.05, 3.63) is 230 Å². The van der Waals surface area contributed by atoms with Crippen LogP contribution in [0.2, 0.25) is 0 Å². The molecule has 0 spiro atoms. The van der Waals surface area contributed by atoms with E-state index in [0.29, 0.717) is 25.0 Å². The molecule has 0 heterocycles. The molecule has 2 unspecified atom stereocenters. The van der Waals surface area contributed by atoms with E-state index in [1.807, 2.05) is 60.7 Å². The number of hydrogen-bond donors (Lipinski definition) is 0. The molecule has 0 amide bonds. The second-order valence-electron chi connectivity index (χ2n) is 13.0. The van der Waals surface area contributed by atoms with Crippen LogP contribution in [0, 0.1) is 0 Å². The fourth-order valence-electron chi connectivity index (χ4n) is 6.50. The van der Waals surface area contributed by atoms with Crippen molar-refractivity contribution in [2.45, 2.75) is 25.7 Å². The normalized spacial score (nSPS) is 11.6. The van der Waals surface area contributed by atoms with Gasteiger partial charge in [0.25, 0.3) is 0 Å². The van der Waals surface area contributed by atoms with Crippen LogP contribution < -0.4 is 31.8 Å². The number of hydrogen-bond acceptors (Lipinski definition) is 1. The summed E-state index contributed by atoms with van der Waals surface area (Å²) < 4.78 is 6.51. The molecule has 0 fully saturated rings. The van der Waals surface area contributed by atoms with E-state index in [4.69, 9.17) is 4.74 Å². The van der Waals surface area contributed by atoms with Gasteiger partial charge in [-0.15, -0.1) is 21.7 Å². The molecular weight excluding hydrogens is 790 g/mol. The molecule has 5 heteroatoms. The number of rotatable bonds is 12. The molecule has 288 valence electrons. The summed E-state index contributed by atoms with van der Waals surface area (Å²) in [5.74, 6) is 0.610. The van der Waals surface area contributed by atoms with E-state index in [2.05, 4.69) is 172 Å². The maximum absolute atomic E-state index is 6.51. The van der Waals surface area contributed by atoms with Crippen molar-refractivity contribution < 1.29 is 38.9 Å². The average molecular weight is 839 g/mol. The zero-order chi connectivity index (χ0) is 36.5. The predicted molar refractivity (Wildman–Crippen MR) is 233 cm³/mol. The molecule has 8 aromatic rings. The first-order valence-electron chi connectivity index (χ1n) is 18.4. The first kappa shape index (κ1) is 43.9. The van der Waals surface area contributed by atoms with Gasteiger partial charge in [-0.2, -0.15) is 30.3 Å². The van der Waals surface area contributed by atoms with Gasteiger partial charge >= 0.3 is 0 Å². The number of ether oxygens (including phenoxy) is 1. The van der Waals surface area contributed by atoms with Gasteiger partial charge in [-0.3, -0.25) is 0 Å². The average Bonchev–Trinajstić information content (AvgIpc) is 4.07. The Kier molecular flexibility index (Phi) is 19.1. The van der Waals surface area contributed by atoms with Gasteiger partial charge in [0, 0.05) is 47.4 Å². The van der Waals surface area contributed by atoms with Gasteiger partial charge in [0.1, 0.15) is 0 Å². The Morgan fingerprint density at radius 2 is 0.745 bits per heavy atom. The van der Waals surface area contributed by atoms with Crippen molar-refractivity contribution in [3.8, 4) is 0 Å². The van der Waals surface area contributed by atoms with E-state index in [9.17, 15) is 0 Å². The van der Waals surface area contributed by atoms with Gasteiger partial charge in [0.05, 0.1) is 0 Å². The molecule has 0 radical (unpaired) electrons. The van der Waals surface area contributed by atoms with E-state index < -0.39 is 15.8 Å². The molecule has 0 saturated carbocycles. The van der Waals surface area contributed by atoms with E-state index in [1.54, 1.807) is 0 Å². The van der Waals surface area contributed by atoms with Crippen LogP contribution >= 0.6 is 15.8 Å². The van der Waals surface area contributed by atoms with Crippen LogP contribution in [0.3, 0.4) is 0 Å². The van der Waals surface area contributed by atoms with E-state index in [1.165, 1.54) is 43.0 Å². The molecular formula is C50H48Fe2OP2-8. The summed E-state index contributed by atoms with van der Waals surface area (Å²) in [5, 5.41) is 8.41. The topological polar surface area (TPSA) is 9.23 Å². The monoisotopic (exact) mass is 838 g/mol. The van der Waals surface area contributed by atoms with Gasteiger partial charge < -0.3 is 35.1 Å². The van der Waals surface area contributed by atoms with E-state index >= 15 is 0 Å². The van der Waals surface area contributed by atoms with Gasteiger partial charge in [0.15, 0.2) is 0 Å². The van der Waals surface area contributed by atoms with Crippen molar-refractivity contribution in [1.82, 2.24) is 0 Å². The Hall–Kier alpha value is -3.86. The quantitative estimate of drug-likeness (QED) is 0.0677. The Bertz CT molecular complexity index is 1820. The summed E-state index contributed by atoms with van der Waals surface area (Å²) in [4.78, 5) is 0. The first-order valence-corrected chi connectivity index (χ1v) is 21.1. The Labute approximate surface area is 352 Å². The molecule has 2 atom stereocenters. The van der Waals surface area contributed by atoms with Gasteiger partial charge in [-0.05, 0) is 48.9 Å². The van der Waals surface area contributed by atoms with Crippen LogP contribution in [0.15, 0.2) is 218 Å². The van der Waals surface area contributed by atoms with Gasteiger partial charge in [-0.1, -0.05) is 135 Å². The summed E-state index contributed by atoms with van der Waals surface area (Å²) >= 11 is 0. The molecule has 0 aliphatic carbocycles. The molecule has 8 aromatic carbocycles. The largest absolute Gasteiger partial charge is 0.748 e. The minimum absolute atomic E-state index is 0. The SMILES string of the molecule is CC(COCC(C)[c-]1cccc1P(c1ccccc1)c1ccccc1)[c-]1cccc1P(c1ccccc1)c1ccccc1.[Fe].[Fe].[cH-]1[cH-][cH-][cH-][cH-]1.c1cc[cH-]c1. The zero-order valence-corrected chi connectivity index (χ0v) is 35.4. The predicted octanol–water partition coefficient (Wildman–Crippen LogP) is 10.4. The summed E-state index contributed by atoms with van der Waals surface area (Å²) in [7, 11) is -1.26. The Morgan fingerprint density at radius 1 is 0.436 bits per heavy atom. The van der Waals surface area contributed by atoms with Crippen LogP contribution in [0.4, 0.5) is 0 Å². The molecule has 55 heavy (non-hydrogen) atoms. The fourth-order valence-corrected chi connectivity index (χ4v) is 11.7. The van der Waals surface area contributed by atoms with Crippen molar-refractivity contribution in [3.63, 3.8) is 0 Å². The first-order chi connectivity index (χ1) is 26.2. The summed E-state index contributed by atoms with van der Waals surface area (Å²) in [6, 6.07) is 77.5. The summed E-state index contributed by atoms with van der Waals surface area (Å²) in [6.07, 6.45) is 0. The second kappa shape index (κ2) is 23.9. The third-order valence-corrected chi connectivity index (χ3v) is 14.1. The maximum Gasteiger partial charge on any atom is 0.0427 e. The van der Waals surface area contributed by atoms with Crippen molar-refractivity contribution in [2.75, 3.05) is 13.2 Å². The molecule has 0 bridgehead atoms. The van der Waals surface area contributed by atoms with Crippen LogP contribution in [-0.2, 0) is 38.9 Å². The number of benzene rings is 4. The molecule has 8 rings (SSSR count). The molecule has 0 N–H and O–H groups in total. The maximum atomic E-state index is 6.51. The Morgan fingerprint density at radius 3 is 1.02 bits per heavy atom. The standard InChI is InChI=1S/C40H38OP2.2C5H5.2Fe/c1-31(37-25-15-27-39(37)42(33-17-7-3-8-18-33)34-19-9-4-10-20-34)29-41-30-32(2)38-26-16-28-40(38)43(35-21-11-5-12-22-35)36-23-13-6-14-24-36;2*1-2-4-5-3-1;;/h3-28,31-32H,29-30H2,1-2H3;2*1-5H;;/q-2;-5;-1;;. The second-order valence-corrected chi connectivity index (χ2v) is 17.4. The van der Waals surface area contributed by atoms with Crippen LogP contribution in [-0.4, -0.2) is 13.2 Å². The van der Waals surface area contributed by atoms with Crippen LogP contribution in [0.1, 0.15) is 36.8 Å². The smallest absolute Gasteiger partial charge is 0.0427 e. The zero-order valence-electron chi connectivity index (χ0n) is 31.4. The molecule has 0 aromatic heterocycles. The van der Waals surface area contributed by atoms with Gasteiger partial charge in [-0.25, -0.2) is 36.4 Å². The van der Waals surface area contributed by atoms with Crippen LogP contribution in [0.5, 0.6) is 0 Å². The van der Waals surface area contributed by atoms with Crippen LogP contribution in [0.25, 0.3) is 0 Å². The minimum Gasteiger partial charge on any atom is -0.748 e. The third kappa shape index (κ3) is 12.6. The van der Waals surface area contributed by atoms with Crippen molar-refractivity contribution >= 4 is 47.7 Å². The molecule has 0 aliphatic heterocycles. The third-order valence-electron chi connectivity index (χ3n) is 9.10. The minimum atomic E-state index is -0.629. The van der Waals surface area contributed by atoms with Crippen molar-refractivity contribution in [1.29, 1.82) is 0 Å². The molecule has 0 aliphatic rings. The molecule has 1 nitrogen and oxygen atoms in total. The fraction of sp³-hybridized carbons (Fsp3) is 0.120. The molecule has 0 saturated heterocycles. The summed E-state index contributed by atoms with van der Waals surface area (Å²) in [5.41, 5.74) is 2.80. The van der Waals surface area contributed by atoms with Gasteiger partial charge in [0.2, 0.25) is 0 Å².